The molecule has 0 saturated carbocycles. The molecule has 0 saturated heterocycles. The predicted molar refractivity (Wildman–Crippen MR) is 49.8 cm³/mol. The van der Waals surface area contributed by atoms with Crippen LogP contribution in [0.5, 0.6) is 0 Å². The van der Waals surface area contributed by atoms with Crippen molar-refractivity contribution in [2.24, 2.45) is 4.99 Å². The summed E-state index contributed by atoms with van der Waals surface area (Å²) >= 11 is 0. The Morgan fingerprint density at radius 1 is 1.45 bits per heavy atom. The lowest BCUT2D eigenvalue weighted by atomic mass is 10.1. The number of hydrogen-bond donors (Lipinski definition) is 0. The van der Waals surface area contributed by atoms with Gasteiger partial charge < -0.3 is 0 Å². The van der Waals surface area contributed by atoms with Gasteiger partial charge in [0.2, 0.25) is 0 Å². The second-order valence-corrected chi connectivity index (χ2v) is 2.69. The van der Waals surface area contributed by atoms with Crippen LogP contribution in [0.15, 0.2) is 40.6 Å². The Balaban J connectivity index is 2.92. The van der Waals surface area contributed by atoms with Crippen LogP contribution in [0, 0.1) is 0 Å². The smallest absolute Gasteiger partial charge is 0.0378 e. The van der Waals surface area contributed by atoms with Crippen LogP contribution in [0.3, 0.4) is 0 Å². The van der Waals surface area contributed by atoms with E-state index >= 15 is 0 Å². The zero-order valence-corrected chi connectivity index (χ0v) is 7.09. The van der Waals surface area contributed by atoms with E-state index in [9.17, 15) is 0 Å². The van der Waals surface area contributed by atoms with Crippen LogP contribution in [0.4, 0.5) is 0 Å². The maximum Gasteiger partial charge on any atom is 0.0378 e. The first kappa shape index (κ1) is 7.99. The van der Waals surface area contributed by atoms with Crippen molar-refractivity contribution in [1.29, 1.82) is 0 Å². The van der Waals surface area contributed by atoms with Gasteiger partial charge in [0.25, 0.3) is 0 Å². The van der Waals surface area contributed by atoms with Gasteiger partial charge in [0.05, 0.1) is 0 Å². The molecule has 1 heteroatoms. The molecule has 0 bridgehead atoms. The van der Waals surface area contributed by atoms with Crippen LogP contribution in [-0.2, 0) is 0 Å². The lowest BCUT2D eigenvalue weighted by Gasteiger charge is -1.91. The average Bonchev–Trinajstić information content (AvgIpc) is 2.11. The molecule has 0 aromatic carbocycles. The van der Waals surface area contributed by atoms with Gasteiger partial charge in [-0.15, -0.1) is 0 Å². The third-order valence-corrected chi connectivity index (χ3v) is 1.61. The van der Waals surface area contributed by atoms with E-state index in [1.165, 1.54) is 5.57 Å². The molecule has 1 heterocycles. The molecule has 1 aliphatic rings. The van der Waals surface area contributed by atoms with Gasteiger partial charge in [0.1, 0.15) is 0 Å². The zero-order chi connectivity index (χ0) is 8.27. The minimum absolute atomic E-state index is 1.02. The fraction of sp³-hybridized carbons (Fsp3) is 0.300. The topological polar surface area (TPSA) is 12.4 Å². The van der Waals surface area contributed by atoms with Crippen molar-refractivity contribution < 1.29 is 0 Å². The summed E-state index contributed by atoms with van der Waals surface area (Å²) in [5, 5.41) is 0. The normalized spacial score (nSPS) is 17.5. The molecule has 0 radical (unpaired) electrons. The summed E-state index contributed by atoms with van der Waals surface area (Å²) in [5.41, 5.74) is 3.30. The van der Waals surface area contributed by atoms with E-state index in [2.05, 4.69) is 24.6 Å². The molecule has 0 aliphatic carbocycles. The van der Waals surface area contributed by atoms with Crippen LogP contribution < -0.4 is 0 Å². The van der Waals surface area contributed by atoms with E-state index in [0.717, 1.165) is 17.7 Å². The molecular weight excluding hydrogens is 134 g/mol. The summed E-state index contributed by atoms with van der Waals surface area (Å²) in [6.07, 6.45) is 6.98. The molecule has 1 nitrogen and oxygen atoms in total. The molecule has 0 aromatic rings. The van der Waals surface area contributed by atoms with Gasteiger partial charge >= 0.3 is 0 Å². The van der Waals surface area contributed by atoms with E-state index in [-0.39, 0.29) is 0 Å². The van der Waals surface area contributed by atoms with Crippen LogP contribution in [0.25, 0.3) is 0 Å². The summed E-state index contributed by atoms with van der Waals surface area (Å²) in [4.78, 5) is 4.23. The molecule has 0 spiro atoms. The quantitative estimate of drug-likeness (QED) is 0.540. The minimum atomic E-state index is 1.02. The first-order valence-corrected chi connectivity index (χ1v) is 3.84. The van der Waals surface area contributed by atoms with Crippen molar-refractivity contribution in [2.45, 2.75) is 20.3 Å². The van der Waals surface area contributed by atoms with Crippen LogP contribution in [0.2, 0.25) is 0 Å². The van der Waals surface area contributed by atoms with Crippen LogP contribution >= 0.6 is 0 Å². The monoisotopic (exact) mass is 147 g/mol. The standard InChI is InChI=1S/C10H13N/c1-4-10-6-8(2)5-9(3)11-7-10/h5-7H,2,4H2,1,3H3. The first-order chi connectivity index (χ1) is 5.22. The summed E-state index contributed by atoms with van der Waals surface area (Å²) < 4.78 is 0. The molecule has 0 amide bonds. The Bertz CT molecular complexity index is 254. The minimum Gasteiger partial charge on any atom is -0.261 e. The molecule has 0 aromatic heterocycles. The van der Waals surface area contributed by atoms with E-state index in [1.807, 2.05) is 19.2 Å². The van der Waals surface area contributed by atoms with Crippen molar-refractivity contribution >= 4 is 6.21 Å². The number of allylic oxidation sites excluding steroid dienone is 5. The first-order valence-electron chi connectivity index (χ1n) is 3.84. The molecule has 0 fully saturated rings. The average molecular weight is 147 g/mol. The highest BCUT2D eigenvalue weighted by Crippen LogP contribution is 2.11. The zero-order valence-electron chi connectivity index (χ0n) is 7.09. The number of aliphatic imine (C=N–C) groups is 1. The lowest BCUT2D eigenvalue weighted by Crippen LogP contribution is -1.80. The molecule has 1 aliphatic heterocycles. The van der Waals surface area contributed by atoms with Crippen molar-refractivity contribution in [3.8, 4) is 0 Å². The lowest BCUT2D eigenvalue weighted by molar-refractivity contribution is 1.18. The number of nitrogens with zero attached hydrogens (tertiary/aromatic N) is 1. The largest absolute Gasteiger partial charge is 0.261 e. The summed E-state index contributed by atoms with van der Waals surface area (Å²) in [7, 11) is 0. The second kappa shape index (κ2) is 3.33. The maximum absolute atomic E-state index is 4.23. The summed E-state index contributed by atoms with van der Waals surface area (Å²) in [6, 6.07) is 0. The fourth-order valence-electron chi connectivity index (χ4n) is 1.00. The molecule has 0 atom stereocenters. The third-order valence-electron chi connectivity index (χ3n) is 1.61. The van der Waals surface area contributed by atoms with Gasteiger partial charge in [-0.2, -0.15) is 0 Å². The van der Waals surface area contributed by atoms with Gasteiger partial charge in [-0.05, 0) is 30.6 Å². The highest BCUT2D eigenvalue weighted by atomic mass is 14.7. The Morgan fingerprint density at radius 2 is 2.18 bits per heavy atom. The van der Waals surface area contributed by atoms with Gasteiger partial charge in [0.15, 0.2) is 0 Å². The van der Waals surface area contributed by atoms with E-state index in [4.69, 9.17) is 0 Å². The maximum atomic E-state index is 4.23. The summed E-state index contributed by atoms with van der Waals surface area (Å²) in [5.74, 6) is 0. The fourth-order valence-corrected chi connectivity index (χ4v) is 1.00. The molecule has 11 heavy (non-hydrogen) atoms. The number of hydrogen-bond acceptors (Lipinski definition) is 1. The Kier molecular flexibility index (Phi) is 2.42. The summed E-state index contributed by atoms with van der Waals surface area (Å²) in [6.45, 7) is 7.99. The Hall–Kier alpha value is -1.11. The van der Waals surface area contributed by atoms with Crippen molar-refractivity contribution in [1.82, 2.24) is 0 Å². The van der Waals surface area contributed by atoms with E-state index < -0.39 is 0 Å². The van der Waals surface area contributed by atoms with E-state index in [1.54, 1.807) is 0 Å². The van der Waals surface area contributed by atoms with Gasteiger partial charge in [-0.25, -0.2) is 0 Å². The predicted octanol–water partition coefficient (Wildman–Crippen LogP) is 2.87. The van der Waals surface area contributed by atoms with Gasteiger partial charge in [-0.1, -0.05) is 19.6 Å². The van der Waals surface area contributed by atoms with Crippen molar-refractivity contribution in [2.75, 3.05) is 0 Å². The molecule has 0 unspecified atom stereocenters. The molecule has 0 N–H and O–H groups in total. The van der Waals surface area contributed by atoms with Gasteiger partial charge in [-0.3, -0.25) is 4.99 Å². The molecular formula is C10H13N. The second-order valence-electron chi connectivity index (χ2n) is 2.69. The molecule has 58 valence electrons. The third kappa shape index (κ3) is 2.19. The van der Waals surface area contributed by atoms with Crippen LogP contribution in [-0.4, -0.2) is 6.21 Å². The highest BCUT2D eigenvalue weighted by molar-refractivity contribution is 5.81. The van der Waals surface area contributed by atoms with Gasteiger partial charge in [0, 0.05) is 11.9 Å². The van der Waals surface area contributed by atoms with Crippen molar-refractivity contribution in [3.63, 3.8) is 0 Å². The molecule has 1 rings (SSSR count). The SMILES string of the molecule is C=C1C=C(CC)C=NC(C)=C1. The highest BCUT2D eigenvalue weighted by Gasteiger charge is 1.95. The number of rotatable bonds is 1. The Morgan fingerprint density at radius 3 is 2.82 bits per heavy atom. The van der Waals surface area contributed by atoms with Crippen molar-refractivity contribution in [3.05, 3.63) is 35.6 Å². The van der Waals surface area contributed by atoms with E-state index in [0.29, 0.717) is 0 Å². The van der Waals surface area contributed by atoms with Crippen LogP contribution in [0.1, 0.15) is 20.3 Å². The Labute approximate surface area is 67.8 Å².